The van der Waals surface area contributed by atoms with Gasteiger partial charge < -0.3 is 5.11 Å². The molecule has 0 saturated heterocycles. The highest BCUT2D eigenvalue weighted by molar-refractivity contribution is 5.85. The Morgan fingerprint density at radius 2 is 2.18 bits per heavy atom. The fourth-order valence-corrected chi connectivity index (χ4v) is 0.572. The Labute approximate surface area is 65.7 Å². The summed E-state index contributed by atoms with van der Waals surface area (Å²) >= 11 is 0. The summed E-state index contributed by atoms with van der Waals surface area (Å²) in [6, 6.07) is 0. The zero-order valence-corrected chi connectivity index (χ0v) is 6.74. The van der Waals surface area contributed by atoms with Crippen LogP contribution in [0.1, 0.15) is 20.3 Å². The van der Waals surface area contributed by atoms with Crippen molar-refractivity contribution in [3.8, 4) is 0 Å². The number of aliphatic carboxylic acids is 1. The van der Waals surface area contributed by atoms with Crippen LogP contribution in [0.4, 0.5) is 0 Å². The Morgan fingerprint density at radius 1 is 1.64 bits per heavy atom. The molecule has 11 heavy (non-hydrogen) atoms. The van der Waals surface area contributed by atoms with Crippen LogP contribution in [0.3, 0.4) is 0 Å². The van der Waals surface area contributed by atoms with Crippen LogP contribution in [0, 0.1) is 0 Å². The number of hydrogen-bond acceptors (Lipinski definition) is 3. The van der Waals surface area contributed by atoms with Crippen LogP contribution in [-0.2, 0) is 4.79 Å². The molecule has 0 spiro atoms. The molecule has 0 rings (SSSR count). The summed E-state index contributed by atoms with van der Waals surface area (Å²) in [4.78, 5) is 10.2. The van der Waals surface area contributed by atoms with E-state index in [9.17, 15) is 4.79 Å². The van der Waals surface area contributed by atoms with Gasteiger partial charge in [0.2, 0.25) is 0 Å². The van der Waals surface area contributed by atoms with Crippen molar-refractivity contribution in [2.75, 3.05) is 6.54 Å². The Morgan fingerprint density at radius 3 is 2.55 bits per heavy atom. The van der Waals surface area contributed by atoms with Crippen LogP contribution in [0.25, 0.3) is 0 Å². The Kier molecular flexibility index (Phi) is 4.29. The van der Waals surface area contributed by atoms with Crippen LogP contribution in [-0.4, -0.2) is 27.9 Å². The lowest BCUT2D eigenvalue weighted by atomic mass is 10.3. The molecule has 0 aliphatic rings. The summed E-state index contributed by atoms with van der Waals surface area (Å²) in [5, 5.41) is 18.2. The number of nitrogens with zero attached hydrogens (tertiary/aromatic N) is 1. The second kappa shape index (κ2) is 4.73. The minimum Gasteiger partial charge on any atom is -0.478 e. The first-order valence-electron chi connectivity index (χ1n) is 3.45. The van der Waals surface area contributed by atoms with Gasteiger partial charge in [0.05, 0.1) is 5.57 Å². The molecule has 0 unspecified atom stereocenters. The molecular weight excluding hydrogens is 146 g/mol. The summed E-state index contributed by atoms with van der Waals surface area (Å²) in [6.45, 7) is 3.78. The summed E-state index contributed by atoms with van der Waals surface area (Å²) in [5.41, 5.74) is 0.126. The van der Waals surface area contributed by atoms with Gasteiger partial charge in [-0.05, 0) is 13.3 Å². The third-order valence-corrected chi connectivity index (χ3v) is 1.13. The van der Waals surface area contributed by atoms with Crippen molar-refractivity contribution in [2.24, 2.45) is 0 Å². The molecule has 2 N–H and O–H groups in total. The van der Waals surface area contributed by atoms with E-state index in [0.29, 0.717) is 6.54 Å². The number of hydroxylamine groups is 2. The fraction of sp³-hybridized carbons (Fsp3) is 0.571. The van der Waals surface area contributed by atoms with Crippen molar-refractivity contribution in [3.63, 3.8) is 0 Å². The monoisotopic (exact) mass is 159 g/mol. The predicted octanol–water partition coefficient (Wildman–Crippen LogP) is 1.08. The van der Waals surface area contributed by atoms with Crippen LogP contribution >= 0.6 is 0 Å². The molecule has 0 saturated carbocycles. The fourth-order valence-electron chi connectivity index (χ4n) is 0.572. The molecule has 0 amide bonds. The molecule has 0 bridgehead atoms. The van der Waals surface area contributed by atoms with E-state index >= 15 is 0 Å². The van der Waals surface area contributed by atoms with E-state index < -0.39 is 5.97 Å². The summed E-state index contributed by atoms with van der Waals surface area (Å²) in [5.74, 6) is -1.01. The van der Waals surface area contributed by atoms with Crippen LogP contribution in [0.2, 0.25) is 0 Å². The molecule has 0 aromatic rings. The maximum atomic E-state index is 10.2. The summed E-state index contributed by atoms with van der Waals surface area (Å²) < 4.78 is 0. The van der Waals surface area contributed by atoms with Gasteiger partial charge in [-0.15, -0.1) is 0 Å². The van der Waals surface area contributed by atoms with Crippen molar-refractivity contribution >= 4 is 5.97 Å². The van der Waals surface area contributed by atoms with Gasteiger partial charge in [0.25, 0.3) is 0 Å². The van der Waals surface area contributed by atoms with E-state index in [0.717, 1.165) is 11.5 Å². The summed E-state index contributed by atoms with van der Waals surface area (Å²) in [6.07, 6.45) is 1.98. The zero-order chi connectivity index (χ0) is 8.85. The number of carboxylic acid groups (broad SMARTS) is 1. The Hall–Kier alpha value is -1.03. The predicted molar refractivity (Wildman–Crippen MR) is 40.2 cm³/mol. The molecule has 4 heteroatoms. The maximum absolute atomic E-state index is 10.2. The Balaban J connectivity index is 3.96. The molecule has 0 aromatic carbocycles. The third-order valence-electron chi connectivity index (χ3n) is 1.13. The van der Waals surface area contributed by atoms with E-state index in [1.165, 1.54) is 13.1 Å². The molecule has 0 aliphatic carbocycles. The minimum absolute atomic E-state index is 0.126. The largest absolute Gasteiger partial charge is 0.478 e. The van der Waals surface area contributed by atoms with Gasteiger partial charge in [-0.25, -0.2) is 4.79 Å². The highest BCUT2D eigenvalue weighted by Crippen LogP contribution is 1.95. The standard InChI is InChI=1S/C7H13NO3/c1-3-4-8(11)5-6(2)7(9)10/h5,11H,3-4H2,1-2H3,(H,9,10). The van der Waals surface area contributed by atoms with Crippen LogP contribution < -0.4 is 0 Å². The highest BCUT2D eigenvalue weighted by atomic mass is 16.5. The second-order valence-electron chi connectivity index (χ2n) is 2.28. The minimum atomic E-state index is -1.01. The Bertz CT molecular complexity index is 165. The quantitative estimate of drug-likeness (QED) is 0.476. The number of hydrogen-bond donors (Lipinski definition) is 2. The van der Waals surface area contributed by atoms with Gasteiger partial charge >= 0.3 is 5.97 Å². The molecule has 0 aliphatic heterocycles. The van der Waals surface area contributed by atoms with Crippen molar-refractivity contribution in [2.45, 2.75) is 20.3 Å². The first kappa shape index (κ1) is 9.97. The van der Waals surface area contributed by atoms with Crippen molar-refractivity contribution in [3.05, 3.63) is 11.8 Å². The van der Waals surface area contributed by atoms with Crippen molar-refractivity contribution < 1.29 is 15.1 Å². The lowest BCUT2D eigenvalue weighted by molar-refractivity contribution is -0.133. The normalized spacial score (nSPS) is 11.4. The van der Waals surface area contributed by atoms with Gasteiger partial charge in [0, 0.05) is 12.7 Å². The average Bonchev–Trinajstić information content (AvgIpc) is 1.87. The van der Waals surface area contributed by atoms with Crippen LogP contribution in [0.5, 0.6) is 0 Å². The lowest BCUT2D eigenvalue weighted by Gasteiger charge is -2.09. The van der Waals surface area contributed by atoms with E-state index in [1.807, 2.05) is 6.92 Å². The average molecular weight is 159 g/mol. The van der Waals surface area contributed by atoms with Crippen molar-refractivity contribution in [1.82, 2.24) is 5.06 Å². The first-order chi connectivity index (χ1) is 5.07. The molecule has 0 aromatic heterocycles. The SMILES string of the molecule is CCCN(O)C=C(C)C(=O)O. The molecule has 0 heterocycles. The lowest BCUT2D eigenvalue weighted by Crippen LogP contribution is -2.14. The highest BCUT2D eigenvalue weighted by Gasteiger charge is 2.00. The molecular formula is C7H13NO3. The molecule has 0 atom stereocenters. The van der Waals surface area contributed by atoms with Gasteiger partial charge in [0.15, 0.2) is 0 Å². The van der Waals surface area contributed by atoms with E-state index in [1.54, 1.807) is 0 Å². The van der Waals surface area contributed by atoms with Gasteiger partial charge in [-0.2, -0.15) is 0 Å². The zero-order valence-electron chi connectivity index (χ0n) is 6.74. The van der Waals surface area contributed by atoms with Crippen LogP contribution in [0.15, 0.2) is 11.8 Å². The van der Waals surface area contributed by atoms with E-state index in [2.05, 4.69) is 0 Å². The topological polar surface area (TPSA) is 60.8 Å². The number of carbonyl (C=O) groups is 1. The number of rotatable bonds is 4. The number of carboxylic acids is 1. The summed E-state index contributed by atoms with van der Waals surface area (Å²) in [7, 11) is 0. The van der Waals surface area contributed by atoms with E-state index in [4.69, 9.17) is 10.3 Å². The van der Waals surface area contributed by atoms with Gasteiger partial charge in [-0.3, -0.25) is 10.3 Å². The molecule has 4 nitrogen and oxygen atoms in total. The smallest absolute Gasteiger partial charge is 0.332 e. The van der Waals surface area contributed by atoms with Gasteiger partial charge in [-0.1, -0.05) is 6.92 Å². The molecule has 0 fully saturated rings. The van der Waals surface area contributed by atoms with Gasteiger partial charge in [0.1, 0.15) is 0 Å². The first-order valence-corrected chi connectivity index (χ1v) is 3.45. The third kappa shape index (κ3) is 4.38. The van der Waals surface area contributed by atoms with Crippen molar-refractivity contribution in [1.29, 1.82) is 0 Å². The molecule has 64 valence electrons. The van der Waals surface area contributed by atoms with E-state index in [-0.39, 0.29) is 5.57 Å². The maximum Gasteiger partial charge on any atom is 0.332 e. The molecule has 0 radical (unpaired) electrons. The second-order valence-corrected chi connectivity index (χ2v) is 2.28.